The van der Waals surface area contributed by atoms with Gasteiger partial charge in [0.1, 0.15) is 5.82 Å². The van der Waals surface area contributed by atoms with E-state index in [1.807, 2.05) is 6.07 Å². The van der Waals surface area contributed by atoms with Crippen LogP contribution in [0.15, 0.2) is 23.8 Å². The first-order valence-corrected chi connectivity index (χ1v) is 6.47. The Kier molecular flexibility index (Phi) is 2.75. The summed E-state index contributed by atoms with van der Waals surface area (Å²) in [7, 11) is 0. The third kappa shape index (κ3) is 1.91. The molecule has 0 saturated carbocycles. The van der Waals surface area contributed by atoms with Crippen LogP contribution < -0.4 is 5.32 Å². The van der Waals surface area contributed by atoms with Gasteiger partial charge in [-0.2, -0.15) is 0 Å². The molecule has 2 aliphatic rings. The lowest BCUT2D eigenvalue weighted by Gasteiger charge is -2.21. The lowest BCUT2D eigenvalue weighted by Crippen LogP contribution is -2.24. The molecule has 1 aliphatic carbocycles. The van der Waals surface area contributed by atoms with Gasteiger partial charge in [-0.3, -0.25) is 0 Å². The molecule has 1 aliphatic heterocycles. The second kappa shape index (κ2) is 4.26. The molecular weight excluding hydrogens is 213 g/mol. The third-order valence-corrected chi connectivity index (χ3v) is 4.08. The van der Waals surface area contributed by atoms with Crippen molar-refractivity contribution in [3.8, 4) is 0 Å². The standard InChI is InChI=1S/C15H18FN/c1-10-2-3-11-6-7-17-9-15(11)13-5-4-12(16)8-14(10)13/h4-5,8,10,17H,2-3,6-7,9H2,1H3. The Morgan fingerprint density at radius 1 is 1.29 bits per heavy atom. The van der Waals surface area contributed by atoms with Gasteiger partial charge in [-0.15, -0.1) is 0 Å². The number of nitrogens with one attached hydrogen (secondary N) is 1. The Labute approximate surface area is 102 Å². The van der Waals surface area contributed by atoms with E-state index >= 15 is 0 Å². The smallest absolute Gasteiger partial charge is 0.123 e. The zero-order valence-electron chi connectivity index (χ0n) is 10.2. The van der Waals surface area contributed by atoms with Gasteiger partial charge in [-0.25, -0.2) is 4.39 Å². The molecule has 1 N–H and O–H groups in total. The van der Waals surface area contributed by atoms with E-state index in [9.17, 15) is 4.39 Å². The Bertz CT molecular complexity index is 476. The monoisotopic (exact) mass is 231 g/mol. The fourth-order valence-electron chi connectivity index (χ4n) is 3.05. The van der Waals surface area contributed by atoms with Crippen LogP contribution in [0, 0.1) is 5.82 Å². The van der Waals surface area contributed by atoms with Crippen LogP contribution in [0.5, 0.6) is 0 Å². The topological polar surface area (TPSA) is 12.0 Å². The molecule has 1 unspecified atom stereocenters. The van der Waals surface area contributed by atoms with Gasteiger partial charge in [-0.05, 0) is 60.6 Å². The zero-order chi connectivity index (χ0) is 11.8. The number of hydrogen-bond donors (Lipinski definition) is 1. The molecule has 0 spiro atoms. The van der Waals surface area contributed by atoms with Gasteiger partial charge in [0.15, 0.2) is 0 Å². The first kappa shape index (κ1) is 11.0. The van der Waals surface area contributed by atoms with Gasteiger partial charge in [0, 0.05) is 6.54 Å². The van der Waals surface area contributed by atoms with Gasteiger partial charge in [0.05, 0.1) is 0 Å². The molecule has 0 saturated heterocycles. The summed E-state index contributed by atoms with van der Waals surface area (Å²) in [5.74, 6) is 0.356. The Morgan fingerprint density at radius 3 is 3.06 bits per heavy atom. The second-order valence-electron chi connectivity index (χ2n) is 5.18. The molecule has 1 aromatic rings. The Balaban J connectivity index is 2.16. The highest BCUT2D eigenvalue weighted by molar-refractivity contribution is 5.74. The minimum atomic E-state index is -0.108. The predicted octanol–water partition coefficient (Wildman–Crippen LogP) is 3.47. The second-order valence-corrected chi connectivity index (χ2v) is 5.18. The van der Waals surface area contributed by atoms with Gasteiger partial charge in [-0.1, -0.05) is 18.6 Å². The summed E-state index contributed by atoms with van der Waals surface area (Å²) in [6.07, 6.45) is 3.47. The maximum absolute atomic E-state index is 13.4. The summed E-state index contributed by atoms with van der Waals surface area (Å²) in [6.45, 7) is 4.24. The van der Waals surface area contributed by atoms with Crippen LogP contribution in [0.1, 0.15) is 43.2 Å². The van der Waals surface area contributed by atoms with E-state index < -0.39 is 0 Å². The van der Waals surface area contributed by atoms with E-state index in [2.05, 4.69) is 12.2 Å². The van der Waals surface area contributed by atoms with Crippen molar-refractivity contribution in [2.24, 2.45) is 0 Å². The Morgan fingerprint density at radius 2 is 2.18 bits per heavy atom. The molecule has 1 nitrogen and oxygen atoms in total. The van der Waals surface area contributed by atoms with Gasteiger partial charge in [0.2, 0.25) is 0 Å². The van der Waals surface area contributed by atoms with Crippen LogP contribution in [0.4, 0.5) is 4.39 Å². The lowest BCUT2D eigenvalue weighted by atomic mass is 9.91. The van der Waals surface area contributed by atoms with Gasteiger partial charge >= 0.3 is 0 Å². The van der Waals surface area contributed by atoms with E-state index in [-0.39, 0.29) is 5.82 Å². The van der Waals surface area contributed by atoms with E-state index in [1.165, 1.54) is 23.1 Å². The molecule has 1 heterocycles. The van der Waals surface area contributed by atoms with Crippen LogP contribution >= 0.6 is 0 Å². The molecule has 0 amide bonds. The van der Waals surface area contributed by atoms with Crippen molar-refractivity contribution in [2.45, 2.75) is 32.1 Å². The quantitative estimate of drug-likeness (QED) is 0.721. The predicted molar refractivity (Wildman–Crippen MR) is 68.5 cm³/mol. The largest absolute Gasteiger partial charge is 0.312 e. The van der Waals surface area contributed by atoms with Crippen LogP contribution in [0.2, 0.25) is 0 Å². The first-order valence-electron chi connectivity index (χ1n) is 6.47. The molecule has 90 valence electrons. The molecular formula is C15H18FN. The first-order chi connectivity index (χ1) is 8.25. The summed E-state index contributed by atoms with van der Waals surface area (Å²) in [4.78, 5) is 0. The summed E-state index contributed by atoms with van der Waals surface area (Å²) in [6, 6.07) is 5.29. The van der Waals surface area contributed by atoms with Gasteiger partial charge < -0.3 is 5.32 Å². The van der Waals surface area contributed by atoms with Crippen LogP contribution in [-0.4, -0.2) is 13.1 Å². The van der Waals surface area contributed by atoms with E-state index in [0.717, 1.165) is 25.9 Å². The van der Waals surface area contributed by atoms with Crippen molar-refractivity contribution in [3.05, 3.63) is 40.7 Å². The average molecular weight is 231 g/mol. The van der Waals surface area contributed by atoms with Crippen molar-refractivity contribution >= 4 is 5.57 Å². The summed E-state index contributed by atoms with van der Waals surface area (Å²) >= 11 is 0. The highest BCUT2D eigenvalue weighted by Gasteiger charge is 2.23. The van der Waals surface area contributed by atoms with Gasteiger partial charge in [0.25, 0.3) is 0 Å². The summed E-state index contributed by atoms with van der Waals surface area (Å²) < 4.78 is 13.4. The minimum Gasteiger partial charge on any atom is -0.312 e. The maximum atomic E-state index is 13.4. The SMILES string of the molecule is CC1CCC2=C(CNCC2)c2ccc(F)cc21. The highest BCUT2D eigenvalue weighted by Crippen LogP contribution is 2.38. The molecule has 2 heteroatoms. The van der Waals surface area contributed by atoms with Crippen molar-refractivity contribution in [1.29, 1.82) is 0 Å². The fourth-order valence-corrected chi connectivity index (χ4v) is 3.05. The average Bonchev–Trinajstić information content (AvgIpc) is 2.48. The molecule has 0 bridgehead atoms. The minimum absolute atomic E-state index is 0.108. The summed E-state index contributed by atoms with van der Waals surface area (Å²) in [5, 5.41) is 3.43. The molecule has 1 aromatic carbocycles. The highest BCUT2D eigenvalue weighted by atomic mass is 19.1. The van der Waals surface area contributed by atoms with E-state index in [0.29, 0.717) is 5.92 Å². The zero-order valence-corrected chi connectivity index (χ0v) is 10.2. The van der Waals surface area contributed by atoms with Crippen molar-refractivity contribution in [2.75, 3.05) is 13.1 Å². The molecule has 3 rings (SSSR count). The van der Waals surface area contributed by atoms with Crippen molar-refractivity contribution in [3.63, 3.8) is 0 Å². The van der Waals surface area contributed by atoms with E-state index in [1.54, 1.807) is 17.7 Å². The summed E-state index contributed by atoms with van der Waals surface area (Å²) in [5.41, 5.74) is 5.48. The number of hydrogen-bond acceptors (Lipinski definition) is 1. The molecule has 0 radical (unpaired) electrons. The maximum Gasteiger partial charge on any atom is 0.123 e. The van der Waals surface area contributed by atoms with E-state index in [4.69, 9.17) is 0 Å². The number of rotatable bonds is 0. The van der Waals surface area contributed by atoms with Crippen LogP contribution in [-0.2, 0) is 0 Å². The number of fused-ring (bicyclic) bond motifs is 2. The molecule has 0 aromatic heterocycles. The third-order valence-electron chi connectivity index (χ3n) is 4.08. The number of benzene rings is 1. The normalized spacial score (nSPS) is 24.0. The van der Waals surface area contributed by atoms with Crippen LogP contribution in [0.25, 0.3) is 5.57 Å². The molecule has 0 fully saturated rings. The molecule has 1 atom stereocenters. The van der Waals surface area contributed by atoms with Crippen molar-refractivity contribution < 1.29 is 4.39 Å². The van der Waals surface area contributed by atoms with Crippen molar-refractivity contribution in [1.82, 2.24) is 5.32 Å². The Hall–Kier alpha value is -1.15. The lowest BCUT2D eigenvalue weighted by molar-refractivity contribution is 0.614. The fraction of sp³-hybridized carbons (Fsp3) is 0.467. The molecule has 17 heavy (non-hydrogen) atoms. The van der Waals surface area contributed by atoms with Crippen LogP contribution in [0.3, 0.4) is 0 Å². The number of halogens is 1.